The van der Waals surface area contributed by atoms with Crippen LogP contribution < -0.4 is 15.5 Å². The molecule has 2 unspecified atom stereocenters. The third kappa shape index (κ3) is 3.24. The van der Waals surface area contributed by atoms with Gasteiger partial charge in [0.1, 0.15) is 5.82 Å². The Kier molecular flexibility index (Phi) is 4.39. The average molecular weight is 411 g/mol. The molecule has 6 heteroatoms. The van der Waals surface area contributed by atoms with Gasteiger partial charge in [0.05, 0.1) is 11.2 Å². The van der Waals surface area contributed by atoms with E-state index in [1.165, 1.54) is 17.4 Å². The zero-order valence-electron chi connectivity index (χ0n) is 17.6. The number of hydrogen-bond donors (Lipinski definition) is 2. The molecule has 2 N–H and O–H groups in total. The number of rotatable bonds is 5. The third-order valence-electron chi connectivity index (χ3n) is 6.55. The van der Waals surface area contributed by atoms with Crippen LogP contribution >= 0.6 is 0 Å². The molecule has 31 heavy (non-hydrogen) atoms. The maximum Gasteiger partial charge on any atom is 0.159 e. The molecule has 0 amide bonds. The first-order chi connectivity index (χ1) is 15.3. The minimum Gasteiger partial charge on any atom is -0.363 e. The highest BCUT2D eigenvalue weighted by Gasteiger charge is 2.39. The molecule has 6 rings (SSSR count). The predicted octanol–water partition coefficient (Wildman–Crippen LogP) is 4.14. The van der Waals surface area contributed by atoms with Gasteiger partial charge in [0.2, 0.25) is 0 Å². The van der Waals surface area contributed by atoms with Crippen molar-refractivity contribution in [2.75, 3.05) is 23.3 Å². The molecule has 2 bridgehead atoms. The maximum atomic E-state index is 5.10. The van der Waals surface area contributed by atoms with Crippen molar-refractivity contribution in [2.24, 2.45) is 0 Å². The largest absolute Gasteiger partial charge is 0.363 e. The Morgan fingerprint density at radius 3 is 2.71 bits per heavy atom. The van der Waals surface area contributed by atoms with E-state index in [1.807, 2.05) is 18.3 Å². The SMILES string of the molecule is CC(Nc1cc(-n2nc(N3C[C@@H]4CC3CN4)c3ccccc32)ccn1)c1ccccc1. The molecule has 2 aliphatic rings. The first-order valence-corrected chi connectivity index (χ1v) is 11.0. The molecule has 0 spiro atoms. The monoisotopic (exact) mass is 410 g/mol. The average Bonchev–Trinajstić information content (AvgIpc) is 3.54. The van der Waals surface area contributed by atoms with Gasteiger partial charge < -0.3 is 15.5 Å². The summed E-state index contributed by atoms with van der Waals surface area (Å²) in [5, 5.41) is 13.4. The van der Waals surface area contributed by atoms with Crippen molar-refractivity contribution >= 4 is 22.5 Å². The standard InChI is InChI=1S/C25H26N6/c1-17(18-7-3-2-4-8-18)28-24-14-20(11-12-26-24)31-23-10-6-5-9-22(23)25(29-31)30-16-19-13-21(30)15-27-19/h2-12,14,17,19,21,27H,13,15-16H2,1H3,(H,26,28)/t17?,19-,21?/m0/s1. The van der Waals surface area contributed by atoms with Crippen LogP contribution in [-0.4, -0.2) is 39.9 Å². The highest BCUT2D eigenvalue weighted by molar-refractivity contribution is 5.92. The van der Waals surface area contributed by atoms with Gasteiger partial charge in [-0.25, -0.2) is 9.67 Å². The molecular weight excluding hydrogens is 384 g/mol. The van der Waals surface area contributed by atoms with Gasteiger partial charge in [-0.2, -0.15) is 0 Å². The Labute approximate surface area is 181 Å². The fourth-order valence-corrected chi connectivity index (χ4v) is 4.96. The van der Waals surface area contributed by atoms with Crippen LogP contribution in [-0.2, 0) is 0 Å². The highest BCUT2D eigenvalue weighted by Crippen LogP contribution is 2.35. The first-order valence-electron chi connectivity index (χ1n) is 11.0. The van der Waals surface area contributed by atoms with E-state index < -0.39 is 0 Å². The Bertz CT molecular complexity index is 1220. The number of benzene rings is 2. The Morgan fingerprint density at radius 2 is 1.90 bits per heavy atom. The molecule has 6 nitrogen and oxygen atoms in total. The molecule has 2 aliphatic heterocycles. The summed E-state index contributed by atoms with van der Waals surface area (Å²) in [5.74, 6) is 1.94. The lowest BCUT2D eigenvalue weighted by atomic mass is 10.1. The van der Waals surface area contributed by atoms with E-state index >= 15 is 0 Å². The van der Waals surface area contributed by atoms with Crippen molar-refractivity contribution in [1.29, 1.82) is 0 Å². The van der Waals surface area contributed by atoms with Crippen molar-refractivity contribution in [3.63, 3.8) is 0 Å². The molecule has 2 aromatic heterocycles. The minimum absolute atomic E-state index is 0.168. The van der Waals surface area contributed by atoms with Gasteiger partial charge in [-0.15, -0.1) is 5.10 Å². The van der Waals surface area contributed by atoms with E-state index in [2.05, 4.69) is 86.7 Å². The number of pyridine rings is 1. The smallest absolute Gasteiger partial charge is 0.159 e. The summed E-state index contributed by atoms with van der Waals surface area (Å²) in [5.41, 5.74) is 3.38. The molecule has 4 heterocycles. The molecule has 156 valence electrons. The van der Waals surface area contributed by atoms with Gasteiger partial charge in [0.25, 0.3) is 0 Å². The van der Waals surface area contributed by atoms with Crippen LogP contribution in [0, 0.1) is 0 Å². The van der Waals surface area contributed by atoms with Crippen molar-refractivity contribution in [3.8, 4) is 5.69 Å². The van der Waals surface area contributed by atoms with Crippen molar-refractivity contribution < 1.29 is 0 Å². The summed E-state index contributed by atoms with van der Waals surface area (Å²) in [7, 11) is 0. The van der Waals surface area contributed by atoms with Crippen LogP contribution in [0.4, 0.5) is 11.6 Å². The van der Waals surface area contributed by atoms with E-state index in [1.54, 1.807) is 0 Å². The maximum absolute atomic E-state index is 5.10. The first kappa shape index (κ1) is 18.4. The van der Waals surface area contributed by atoms with Gasteiger partial charge in [-0.3, -0.25) is 0 Å². The number of aromatic nitrogens is 3. The van der Waals surface area contributed by atoms with Crippen molar-refractivity contribution in [2.45, 2.75) is 31.5 Å². The Balaban J connectivity index is 1.36. The number of nitrogens with zero attached hydrogens (tertiary/aromatic N) is 4. The van der Waals surface area contributed by atoms with E-state index in [-0.39, 0.29) is 6.04 Å². The fraction of sp³-hybridized carbons (Fsp3) is 0.280. The lowest BCUT2D eigenvalue weighted by Crippen LogP contribution is -2.43. The third-order valence-corrected chi connectivity index (χ3v) is 6.55. The van der Waals surface area contributed by atoms with E-state index in [9.17, 15) is 0 Å². The van der Waals surface area contributed by atoms with Crippen LogP contribution in [0.2, 0.25) is 0 Å². The fourth-order valence-electron chi connectivity index (χ4n) is 4.96. The van der Waals surface area contributed by atoms with Crippen LogP contribution in [0.25, 0.3) is 16.6 Å². The second-order valence-electron chi connectivity index (χ2n) is 8.58. The quantitative estimate of drug-likeness (QED) is 0.518. The van der Waals surface area contributed by atoms with Gasteiger partial charge in [-0.1, -0.05) is 42.5 Å². The molecule has 2 saturated heterocycles. The predicted molar refractivity (Wildman–Crippen MR) is 125 cm³/mol. The van der Waals surface area contributed by atoms with Gasteiger partial charge in [0.15, 0.2) is 5.82 Å². The summed E-state index contributed by atoms with van der Waals surface area (Å²) in [6.45, 7) is 4.23. The zero-order chi connectivity index (χ0) is 20.8. The number of piperazine rings is 1. The van der Waals surface area contributed by atoms with Crippen LogP contribution in [0.5, 0.6) is 0 Å². The second-order valence-corrected chi connectivity index (χ2v) is 8.58. The number of nitrogens with one attached hydrogen (secondary N) is 2. The molecular formula is C25H26N6. The molecule has 0 aliphatic carbocycles. The Hall–Kier alpha value is -3.38. The molecule has 2 fully saturated rings. The topological polar surface area (TPSA) is 58.0 Å². The van der Waals surface area contributed by atoms with Gasteiger partial charge in [-0.05, 0) is 37.1 Å². The number of para-hydroxylation sites is 1. The summed E-state index contributed by atoms with van der Waals surface area (Å²) in [4.78, 5) is 7.04. The number of anilines is 2. The summed E-state index contributed by atoms with van der Waals surface area (Å²) in [6.07, 6.45) is 3.06. The molecule has 0 radical (unpaired) electrons. The zero-order valence-corrected chi connectivity index (χ0v) is 17.6. The number of fused-ring (bicyclic) bond motifs is 3. The molecule has 3 atom stereocenters. The van der Waals surface area contributed by atoms with Gasteiger partial charge in [0, 0.05) is 48.9 Å². The lowest BCUT2D eigenvalue weighted by Gasteiger charge is -2.27. The van der Waals surface area contributed by atoms with Crippen molar-refractivity contribution in [3.05, 3.63) is 78.5 Å². The minimum atomic E-state index is 0.168. The Morgan fingerprint density at radius 1 is 1.06 bits per heavy atom. The van der Waals surface area contributed by atoms with E-state index in [0.717, 1.165) is 35.9 Å². The van der Waals surface area contributed by atoms with Crippen LogP contribution in [0.1, 0.15) is 24.9 Å². The van der Waals surface area contributed by atoms with Crippen molar-refractivity contribution in [1.82, 2.24) is 20.1 Å². The summed E-state index contributed by atoms with van der Waals surface area (Å²) in [6, 6.07) is 24.4. The van der Waals surface area contributed by atoms with E-state index in [0.29, 0.717) is 12.1 Å². The van der Waals surface area contributed by atoms with Crippen LogP contribution in [0.15, 0.2) is 72.9 Å². The molecule has 0 saturated carbocycles. The van der Waals surface area contributed by atoms with Gasteiger partial charge >= 0.3 is 0 Å². The molecule has 4 aromatic rings. The second kappa shape index (κ2) is 7.39. The van der Waals surface area contributed by atoms with E-state index in [4.69, 9.17) is 5.10 Å². The lowest BCUT2D eigenvalue weighted by molar-refractivity contribution is 0.575. The summed E-state index contributed by atoms with van der Waals surface area (Å²) < 4.78 is 2.06. The molecule has 2 aromatic carbocycles. The summed E-state index contributed by atoms with van der Waals surface area (Å²) >= 11 is 0. The number of hydrogen-bond acceptors (Lipinski definition) is 5. The highest BCUT2D eigenvalue weighted by atomic mass is 15.4. The normalized spacial score (nSPS) is 21.0. The van der Waals surface area contributed by atoms with Crippen LogP contribution in [0.3, 0.4) is 0 Å².